The van der Waals surface area contributed by atoms with E-state index in [0.717, 1.165) is 21.0 Å². The van der Waals surface area contributed by atoms with Crippen LogP contribution in [0.15, 0.2) is 77.7 Å². The molecule has 2 N–H and O–H groups in total. The minimum Gasteiger partial charge on any atom is -0.322 e. The molecule has 2 amide bonds. The number of anilines is 2. The molecule has 0 bridgehead atoms. The van der Waals surface area contributed by atoms with Crippen LogP contribution in [0.4, 0.5) is 16.5 Å². The van der Waals surface area contributed by atoms with Gasteiger partial charge in [0.25, 0.3) is 11.6 Å². The minimum atomic E-state index is -0.517. The number of hydrogen-bond acceptors (Lipinski definition) is 7. The van der Waals surface area contributed by atoms with Gasteiger partial charge in [-0.15, -0.1) is 23.1 Å². The zero-order valence-corrected chi connectivity index (χ0v) is 21.1. The Kier molecular flexibility index (Phi) is 7.77. The Morgan fingerprint density at radius 2 is 1.72 bits per heavy atom. The van der Waals surface area contributed by atoms with Gasteiger partial charge in [0.1, 0.15) is 0 Å². The van der Waals surface area contributed by atoms with E-state index in [-0.39, 0.29) is 23.3 Å². The van der Waals surface area contributed by atoms with Crippen LogP contribution in [0.2, 0.25) is 0 Å². The largest absolute Gasteiger partial charge is 0.322 e. The molecule has 3 aromatic carbocycles. The number of carbonyl (C=O) groups is 2. The van der Waals surface area contributed by atoms with Crippen LogP contribution in [0.5, 0.6) is 0 Å². The van der Waals surface area contributed by atoms with Gasteiger partial charge in [0.15, 0.2) is 5.13 Å². The van der Waals surface area contributed by atoms with Gasteiger partial charge in [-0.1, -0.05) is 35.9 Å². The molecule has 182 valence electrons. The van der Waals surface area contributed by atoms with E-state index in [0.29, 0.717) is 16.4 Å². The number of benzene rings is 3. The molecule has 0 radical (unpaired) electrons. The van der Waals surface area contributed by atoms with Crippen LogP contribution in [0.1, 0.15) is 20.8 Å². The van der Waals surface area contributed by atoms with Crippen LogP contribution >= 0.6 is 23.1 Å². The standard InChI is InChI=1S/C26H22N4O4S2/c1-16-6-8-18(9-7-16)24-17(2)36-26(29-24)28-23(31)15-35-22-5-3-4-20(14-22)27-25(32)19-10-12-21(13-11-19)30(33)34/h3-14H,15H2,1-2H3,(H,27,32)(H,28,29,31). The summed E-state index contributed by atoms with van der Waals surface area (Å²) in [6, 6.07) is 20.6. The number of carbonyl (C=O) groups excluding carboxylic acids is 2. The molecule has 0 aliphatic carbocycles. The molecule has 0 aliphatic heterocycles. The molecule has 0 unspecified atom stereocenters. The number of rotatable bonds is 8. The summed E-state index contributed by atoms with van der Waals surface area (Å²) < 4.78 is 0. The van der Waals surface area contributed by atoms with Crippen molar-refractivity contribution in [2.45, 2.75) is 18.7 Å². The number of aromatic nitrogens is 1. The summed E-state index contributed by atoms with van der Waals surface area (Å²) in [7, 11) is 0. The highest BCUT2D eigenvalue weighted by Gasteiger charge is 2.13. The van der Waals surface area contributed by atoms with Crippen LogP contribution in [0.3, 0.4) is 0 Å². The fourth-order valence-electron chi connectivity index (χ4n) is 3.33. The highest BCUT2D eigenvalue weighted by Crippen LogP contribution is 2.31. The maximum Gasteiger partial charge on any atom is 0.269 e. The summed E-state index contributed by atoms with van der Waals surface area (Å²) in [4.78, 5) is 41.7. The van der Waals surface area contributed by atoms with Gasteiger partial charge in [-0.2, -0.15) is 0 Å². The molecule has 4 aromatic rings. The number of thioether (sulfide) groups is 1. The molecular weight excluding hydrogens is 496 g/mol. The average molecular weight is 519 g/mol. The second-order valence-corrected chi connectivity index (χ2v) is 10.2. The minimum absolute atomic E-state index is 0.0810. The molecule has 0 aliphatic rings. The molecule has 0 spiro atoms. The van der Waals surface area contributed by atoms with Gasteiger partial charge in [-0.25, -0.2) is 4.98 Å². The first kappa shape index (κ1) is 25.1. The van der Waals surface area contributed by atoms with Gasteiger partial charge < -0.3 is 10.6 Å². The Bertz CT molecular complexity index is 1420. The predicted octanol–water partition coefficient (Wildman–Crippen LogP) is 6.32. The van der Waals surface area contributed by atoms with Crippen LogP contribution in [-0.2, 0) is 4.79 Å². The zero-order valence-electron chi connectivity index (χ0n) is 19.5. The third kappa shape index (κ3) is 6.35. The lowest BCUT2D eigenvalue weighted by Crippen LogP contribution is -2.14. The first-order valence-corrected chi connectivity index (χ1v) is 12.7. The first-order chi connectivity index (χ1) is 17.3. The normalized spacial score (nSPS) is 10.6. The number of thiazole rings is 1. The lowest BCUT2D eigenvalue weighted by atomic mass is 10.1. The van der Waals surface area contributed by atoms with E-state index in [1.165, 1.54) is 52.9 Å². The van der Waals surface area contributed by atoms with E-state index in [4.69, 9.17) is 0 Å². The molecule has 1 heterocycles. The van der Waals surface area contributed by atoms with Gasteiger partial charge in [-0.05, 0) is 44.2 Å². The Hall–Kier alpha value is -4.02. The maximum atomic E-state index is 12.5. The van der Waals surface area contributed by atoms with Crippen molar-refractivity contribution in [1.82, 2.24) is 4.98 Å². The Morgan fingerprint density at radius 3 is 2.42 bits per heavy atom. The molecule has 10 heteroatoms. The van der Waals surface area contributed by atoms with Gasteiger partial charge in [0.05, 0.1) is 16.4 Å². The topological polar surface area (TPSA) is 114 Å². The highest BCUT2D eigenvalue weighted by atomic mass is 32.2. The second kappa shape index (κ2) is 11.1. The van der Waals surface area contributed by atoms with Crippen molar-refractivity contribution in [1.29, 1.82) is 0 Å². The summed E-state index contributed by atoms with van der Waals surface area (Å²) in [5.74, 6) is -0.379. The second-order valence-electron chi connectivity index (χ2n) is 7.91. The highest BCUT2D eigenvalue weighted by molar-refractivity contribution is 8.00. The molecule has 0 fully saturated rings. The molecular formula is C26H22N4O4S2. The number of aryl methyl sites for hydroxylation is 2. The number of non-ortho nitro benzene ring substituents is 1. The number of nitro groups is 1. The monoisotopic (exact) mass is 518 g/mol. The van der Waals surface area contributed by atoms with E-state index >= 15 is 0 Å². The quantitative estimate of drug-likeness (QED) is 0.160. The van der Waals surface area contributed by atoms with Crippen molar-refractivity contribution in [3.8, 4) is 11.3 Å². The number of hydrogen-bond donors (Lipinski definition) is 2. The molecule has 0 atom stereocenters. The number of nitrogens with one attached hydrogen (secondary N) is 2. The van der Waals surface area contributed by atoms with Gasteiger partial charge in [-0.3, -0.25) is 19.7 Å². The fraction of sp³-hybridized carbons (Fsp3) is 0.115. The molecule has 36 heavy (non-hydrogen) atoms. The summed E-state index contributed by atoms with van der Waals surface area (Å²) in [5, 5.41) is 17.0. The van der Waals surface area contributed by atoms with Gasteiger partial charge >= 0.3 is 0 Å². The van der Waals surface area contributed by atoms with Crippen LogP contribution < -0.4 is 10.6 Å². The van der Waals surface area contributed by atoms with Gasteiger partial charge in [0, 0.05) is 38.7 Å². The SMILES string of the molecule is Cc1ccc(-c2nc(NC(=O)CSc3cccc(NC(=O)c4ccc([N+](=O)[O-])cc4)c3)sc2C)cc1. The van der Waals surface area contributed by atoms with E-state index in [2.05, 4.69) is 15.6 Å². The Balaban J connectivity index is 1.33. The molecule has 0 saturated heterocycles. The number of nitrogens with zero attached hydrogens (tertiary/aromatic N) is 2. The summed E-state index contributed by atoms with van der Waals surface area (Å²) in [6.45, 7) is 4.01. The average Bonchev–Trinajstić information content (AvgIpc) is 3.23. The molecule has 4 rings (SSSR count). The van der Waals surface area contributed by atoms with E-state index < -0.39 is 4.92 Å². The number of amides is 2. The first-order valence-electron chi connectivity index (χ1n) is 10.9. The summed E-state index contributed by atoms with van der Waals surface area (Å²) in [5.41, 5.74) is 3.83. The van der Waals surface area contributed by atoms with Crippen molar-refractivity contribution in [3.63, 3.8) is 0 Å². The van der Waals surface area contributed by atoms with Crippen LogP contribution in [0, 0.1) is 24.0 Å². The third-order valence-electron chi connectivity index (χ3n) is 5.17. The van der Waals surface area contributed by atoms with Crippen molar-refractivity contribution in [2.75, 3.05) is 16.4 Å². The van der Waals surface area contributed by atoms with Crippen molar-refractivity contribution < 1.29 is 14.5 Å². The van der Waals surface area contributed by atoms with E-state index in [1.807, 2.05) is 44.2 Å². The number of nitro benzene ring substituents is 1. The zero-order chi connectivity index (χ0) is 25.7. The van der Waals surface area contributed by atoms with Crippen LogP contribution in [-0.4, -0.2) is 27.5 Å². The Labute approximate surface area is 215 Å². The summed E-state index contributed by atoms with van der Waals surface area (Å²) in [6.07, 6.45) is 0. The van der Waals surface area contributed by atoms with Gasteiger partial charge in [0.2, 0.25) is 5.91 Å². The predicted molar refractivity (Wildman–Crippen MR) is 144 cm³/mol. The van der Waals surface area contributed by atoms with Crippen molar-refractivity contribution in [2.24, 2.45) is 0 Å². The smallest absolute Gasteiger partial charge is 0.269 e. The fourth-order valence-corrected chi connectivity index (χ4v) is 4.94. The molecule has 1 aromatic heterocycles. The lowest BCUT2D eigenvalue weighted by Gasteiger charge is -2.07. The van der Waals surface area contributed by atoms with Crippen molar-refractivity contribution >= 4 is 51.4 Å². The van der Waals surface area contributed by atoms with E-state index in [9.17, 15) is 19.7 Å². The third-order valence-corrected chi connectivity index (χ3v) is 7.05. The maximum absolute atomic E-state index is 12.5. The lowest BCUT2D eigenvalue weighted by molar-refractivity contribution is -0.384. The molecule has 8 nitrogen and oxygen atoms in total. The Morgan fingerprint density at radius 1 is 1.00 bits per heavy atom. The van der Waals surface area contributed by atoms with E-state index in [1.54, 1.807) is 18.2 Å². The molecule has 0 saturated carbocycles. The summed E-state index contributed by atoms with van der Waals surface area (Å²) >= 11 is 2.77. The van der Waals surface area contributed by atoms with Crippen LogP contribution in [0.25, 0.3) is 11.3 Å². The van der Waals surface area contributed by atoms with Crippen molar-refractivity contribution in [3.05, 3.63) is 98.9 Å².